The minimum atomic E-state index is -0.455. The molecule has 0 N–H and O–H groups in total. The minimum absolute atomic E-state index is 0.105. The zero-order valence-electron chi connectivity index (χ0n) is 18.3. The van der Waals surface area contributed by atoms with Crippen LogP contribution in [-0.4, -0.2) is 34.3 Å². The molecule has 1 aliphatic rings. The van der Waals surface area contributed by atoms with Crippen LogP contribution in [0.4, 0.5) is 10.1 Å². The normalized spacial score (nSPS) is 17.5. The summed E-state index contributed by atoms with van der Waals surface area (Å²) in [6, 6.07) is 16.8. The van der Waals surface area contributed by atoms with Crippen LogP contribution in [0, 0.1) is 5.82 Å². The number of hydrogen-bond donors (Lipinski definition) is 0. The average Bonchev–Trinajstić information content (AvgIpc) is 2.83. The van der Waals surface area contributed by atoms with Crippen molar-refractivity contribution in [1.29, 1.82) is 0 Å². The van der Waals surface area contributed by atoms with Crippen LogP contribution in [-0.2, 0) is 4.79 Å². The van der Waals surface area contributed by atoms with E-state index >= 15 is 0 Å². The van der Waals surface area contributed by atoms with Crippen LogP contribution in [0.15, 0.2) is 60.7 Å². The third kappa shape index (κ3) is 3.60. The number of benzene rings is 3. The van der Waals surface area contributed by atoms with Crippen LogP contribution in [0.3, 0.4) is 0 Å². The van der Waals surface area contributed by atoms with Crippen LogP contribution in [0.25, 0.3) is 0 Å². The number of carbonyl (C=O) groups is 1. The summed E-state index contributed by atoms with van der Waals surface area (Å²) in [6.07, 6.45) is 0. The summed E-state index contributed by atoms with van der Waals surface area (Å²) >= 11 is 0. The summed E-state index contributed by atoms with van der Waals surface area (Å²) in [5.74, 6) is 1.17. The highest BCUT2D eigenvalue weighted by Gasteiger charge is 2.50. The number of amides is 1. The van der Waals surface area contributed by atoms with Gasteiger partial charge in [-0.05, 0) is 35.4 Å². The van der Waals surface area contributed by atoms with Crippen molar-refractivity contribution < 1.29 is 28.1 Å². The van der Waals surface area contributed by atoms with Gasteiger partial charge in [-0.15, -0.1) is 0 Å². The van der Waals surface area contributed by atoms with Crippen molar-refractivity contribution in [2.75, 3.05) is 33.3 Å². The maximum Gasteiger partial charge on any atom is 0.237 e. The molecule has 32 heavy (non-hydrogen) atoms. The molecule has 1 amide bonds. The molecule has 166 valence electrons. The monoisotopic (exact) mass is 437 g/mol. The largest absolute Gasteiger partial charge is 0.497 e. The third-order valence-electron chi connectivity index (χ3n) is 5.71. The number of carbonyl (C=O) groups excluding carboxylic acids is 1. The second kappa shape index (κ2) is 8.78. The number of hydrogen-bond acceptors (Lipinski definition) is 5. The molecule has 0 unspecified atom stereocenters. The van der Waals surface area contributed by atoms with Crippen LogP contribution in [0.2, 0.25) is 0 Å². The van der Waals surface area contributed by atoms with Crippen LogP contribution in [0.1, 0.15) is 23.1 Å². The molecule has 3 aromatic carbocycles. The Labute approximate surface area is 186 Å². The molecule has 1 fully saturated rings. The molecule has 1 heterocycles. The Morgan fingerprint density at radius 1 is 0.750 bits per heavy atom. The molecule has 1 saturated heterocycles. The van der Waals surface area contributed by atoms with Crippen molar-refractivity contribution in [2.45, 2.75) is 12.0 Å². The van der Waals surface area contributed by atoms with E-state index in [0.717, 1.165) is 16.9 Å². The number of ether oxygens (including phenoxy) is 4. The maximum absolute atomic E-state index is 13.5. The van der Waals surface area contributed by atoms with Gasteiger partial charge in [0.05, 0.1) is 46.1 Å². The summed E-state index contributed by atoms with van der Waals surface area (Å²) < 4.78 is 35.1. The van der Waals surface area contributed by atoms with Gasteiger partial charge in [-0.3, -0.25) is 4.79 Å². The van der Waals surface area contributed by atoms with E-state index in [1.165, 1.54) is 33.5 Å². The van der Waals surface area contributed by atoms with E-state index in [4.69, 9.17) is 18.9 Å². The molecular weight excluding hydrogens is 413 g/mol. The number of rotatable bonds is 7. The molecule has 0 spiro atoms. The van der Waals surface area contributed by atoms with Gasteiger partial charge in [0.25, 0.3) is 0 Å². The molecule has 0 aliphatic carbocycles. The molecule has 6 nitrogen and oxygen atoms in total. The zero-order valence-corrected chi connectivity index (χ0v) is 18.3. The molecule has 2 atom stereocenters. The zero-order chi connectivity index (χ0) is 22.8. The Bertz CT molecular complexity index is 1090. The molecule has 3 aromatic rings. The first-order valence-electron chi connectivity index (χ1n) is 10.0. The van der Waals surface area contributed by atoms with Crippen molar-refractivity contribution in [3.05, 3.63) is 77.6 Å². The van der Waals surface area contributed by atoms with Crippen LogP contribution < -0.4 is 23.8 Å². The number of halogens is 1. The molecule has 0 aromatic heterocycles. The summed E-state index contributed by atoms with van der Waals surface area (Å²) in [5.41, 5.74) is 2.29. The lowest BCUT2D eigenvalue weighted by atomic mass is 9.77. The number of nitrogens with zero attached hydrogens (tertiary/aromatic N) is 1. The lowest BCUT2D eigenvalue weighted by Crippen LogP contribution is -2.53. The molecule has 1 aliphatic heterocycles. The molecule has 0 bridgehead atoms. The van der Waals surface area contributed by atoms with E-state index < -0.39 is 5.92 Å². The highest BCUT2D eigenvalue weighted by molar-refractivity contribution is 6.07. The highest BCUT2D eigenvalue weighted by atomic mass is 19.1. The van der Waals surface area contributed by atoms with Gasteiger partial charge in [-0.25, -0.2) is 4.39 Å². The molecule has 0 saturated carbocycles. The van der Waals surface area contributed by atoms with E-state index in [2.05, 4.69) is 0 Å². The Morgan fingerprint density at radius 3 is 1.81 bits per heavy atom. The van der Waals surface area contributed by atoms with E-state index in [-0.39, 0.29) is 17.8 Å². The molecule has 7 heteroatoms. The van der Waals surface area contributed by atoms with Gasteiger partial charge in [-0.1, -0.05) is 24.3 Å². The summed E-state index contributed by atoms with van der Waals surface area (Å²) in [7, 11) is 6.19. The van der Waals surface area contributed by atoms with Crippen molar-refractivity contribution >= 4 is 11.6 Å². The summed E-state index contributed by atoms with van der Waals surface area (Å²) in [5, 5.41) is 0. The Hall–Kier alpha value is -3.74. The van der Waals surface area contributed by atoms with Gasteiger partial charge in [0.15, 0.2) is 11.5 Å². The topological polar surface area (TPSA) is 57.2 Å². The van der Waals surface area contributed by atoms with Crippen molar-refractivity contribution in [2.24, 2.45) is 0 Å². The summed E-state index contributed by atoms with van der Waals surface area (Å²) in [6.45, 7) is 0. The van der Waals surface area contributed by atoms with E-state index in [0.29, 0.717) is 22.9 Å². The minimum Gasteiger partial charge on any atom is -0.497 e. The van der Waals surface area contributed by atoms with Crippen molar-refractivity contribution in [1.82, 2.24) is 0 Å². The molecular formula is C25H24FNO5. The van der Waals surface area contributed by atoms with Crippen LogP contribution in [0.5, 0.6) is 23.0 Å². The van der Waals surface area contributed by atoms with E-state index in [1.54, 1.807) is 36.3 Å². The second-order valence-corrected chi connectivity index (χ2v) is 7.34. The van der Waals surface area contributed by atoms with Crippen molar-refractivity contribution in [3.8, 4) is 23.0 Å². The SMILES string of the molecule is COc1ccc([C@@H]2[C@@H](c3ccc(F)cc3)C(=O)N2c2cc(OC)c(OC)c(OC)c2)cc1. The highest BCUT2D eigenvalue weighted by Crippen LogP contribution is 2.52. The first-order chi connectivity index (χ1) is 15.5. The number of methoxy groups -OCH3 is 4. The van der Waals surface area contributed by atoms with Gasteiger partial charge in [-0.2, -0.15) is 0 Å². The van der Waals surface area contributed by atoms with Gasteiger partial charge in [0.1, 0.15) is 11.6 Å². The number of anilines is 1. The van der Waals surface area contributed by atoms with Crippen molar-refractivity contribution in [3.63, 3.8) is 0 Å². The molecule has 4 rings (SSSR count). The van der Waals surface area contributed by atoms with Gasteiger partial charge >= 0.3 is 0 Å². The number of β-lactam (4-membered cyclic amide) rings is 1. The van der Waals surface area contributed by atoms with Crippen LogP contribution >= 0.6 is 0 Å². The smallest absolute Gasteiger partial charge is 0.237 e. The lowest BCUT2D eigenvalue weighted by molar-refractivity contribution is -0.126. The fourth-order valence-electron chi connectivity index (χ4n) is 4.12. The van der Waals surface area contributed by atoms with Gasteiger partial charge in [0.2, 0.25) is 11.7 Å². The standard InChI is InChI=1S/C25H24FNO5/c1-29-19-11-7-16(8-12-19)23-22(15-5-9-17(26)10-6-15)25(28)27(23)18-13-20(30-2)24(32-4)21(14-18)31-3/h5-14,22-23H,1-4H3/t22-,23-/m1/s1. The van der Waals surface area contributed by atoms with Gasteiger partial charge < -0.3 is 23.8 Å². The third-order valence-corrected chi connectivity index (χ3v) is 5.71. The average molecular weight is 437 g/mol. The first kappa shape index (κ1) is 21.5. The quantitative estimate of drug-likeness (QED) is 0.500. The maximum atomic E-state index is 13.5. The summed E-state index contributed by atoms with van der Waals surface area (Å²) in [4.78, 5) is 15.1. The van der Waals surface area contributed by atoms with E-state index in [9.17, 15) is 9.18 Å². The lowest BCUT2D eigenvalue weighted by Gasteiger charge is -2.48. The first-order valence-corrected chi connectivity index (χ1v) is 10.0. The predicted octanol–water partition coefficient (Wildman–Crippen LogP) is 4.73. The Kier molecular flexibility index (Phi) is 5.90. The van der Waals surface area contributed by atoms with Gasteiger partial charge in [0, 0.05) is 12.1 Å². The fraction of sp³-hybridized carbons (Fsp3) is 0.240. The second-order valence-electron chi connectivity index (χ2n) is 7.34. The predicted molar refractivity (Wildman–Crippen MR) is 118 cm³/mol. The Morgan fingerprint density at radius 2 is 1.31 bits per heavy atom. The fourth-order valence-corrected chi connectivity index (χ4v) is 4.12. The van der Waals surface area contributed by atoms with E-state index in [1.807, 2.05) is 24.3 Å². The molecule has 0 radical (unpaired) electrons. The Balaban J connectivity index is 1.81.